The third-order valence-corrected chi connectivity index (χ3v) is 5.50. The van der Waals surface area contributed by atoms with Crippen molar-refractivity contribution in [2.45, 2.75) is 25.4 Å². The topological polar surface area (TPSA) is 72.5 Å². The third-order valence-electron chi connectivity index (χ3n) is 3.60. The minimum atomic E-state index is -2.90. The molecule has 1 atom stereocenters. The van der Waals surface area contributed by atoms with Crippen LogP contribution < -0.4 is 5.32 Å². The summed E-state index contributed by atoms with van der Waals surface area (Å²) in [6.07, 6.45) is 0.635. The highest BCUT2D eigenvalue weighted by Crippen LogP contribution is 2.23. The van der Waals surface area contributed by atoms with Crippen LogP contribution in [0.25, 0.3) is 0 Å². The molecule has 0 bridgehead atoms. The van der Waals surface area contributed by atoms with E-state index in [0.29, 0.717) is 18.5 Å². The maximum Gasteiger partial charge on any atom is 0.337 e. The Bertz CT molecular complexity index is 594. The van der Waals surface area contributed by atoms with Gasteiger partial charge in [-0.05, 0) is 31.0 Å². The summed E-state index contributed by atoms with van der Waals surface area (Å²) in [5.41, 5.74) is 1.15. The molecule has 0 aliphatic carbocycles. The first kappa shape index (κ1) is 15.0. The minimum absolute atomic E-state index is 0.181. The van der Waals surface area contributed by atoms with Gasteiger partial charge >= 0.3 is 5.97 Å². The van der Waals surface area contributed by atoms with Crippen LogP contribution in [-0.4, -0.2) is 38.5 Å². The van der Waals surface area contributed by atoms with Crippen molar-refractivity contribution in [1.82, 2.24) is 5.32 Å². The maximum absolute atomic E-state index is 11.5. The number of nitrogens with one attached hydrogen (secondary N) is 1. The molecule has 110 valence electrons. The van der Waals surface area contributed by atoms with E-state index in [1.165, 1.54) is 7.11 Å². The fourth-order valence-corrected chi connectivity index (χ4v) is 4.46. The van der Waals surface area contributed by atoms with Crippen LogP contribution in [0, 0.1) is 0 Å². The number of carbonyl (C=O) groups is 1. The molecule has 2 rings (SSSR count). The first-order valence-corrected chi connectivity index (χ1v) is 8.28. The maximum atomic E-state index is 11.5. The first-order valence-electron chi connectivity index (χ1n) is 6.46. The van der Waals surface area contributed by atoms with E-state index in [9.17, 15) is 13.2 Å². The highest BCUT2D eigenvalue weighted by molar-refractivity contribution is 7.91. The molecule has 1 fully saturated rings. The van der Waals surface area contributed by atoms with Crippen molar-refractivity contribution in [2.75, 3.05) is 18.6 Å². The number of benzene rings is 1. The molecular formula is C14H19NO4S. The van der Waals surface area contributed by atoms with Crippen LogP contribution in [0.5, 0.6) is 0 Å². The van der Waals surface area contributed by atoms with Crippen molar-refractivity contribution in [2.24, 2.45) is 0 Å². The van der Waals surface area contributed by atoms with Crippen LogP contribution in [0.3, 0.4) is 0 Å². The van der Waals surface area contributed by atoms with Gasteiger partial charge in [0.25, 0.3) is 0 Å². The normalized spacial score (nSPS) is 24.5. The van der Waals surface area contributed by atoms with Gasteiger partial charge in [-0.3, -0.25) is 0 Å². The summed E-state index contributed by atoms with van der Waals surface area (Å²) < 4.78 is 27.7. The molecule has 0 spiro atoms. The lowest BCUT2D eigenvalue weighted by Gasteiger charge is -2.24. The van der Waals surface area contributed by atoms with Gasteiger partial charge in [0, 0.05) is 12.1 Å². The lowest BCUT2D eigenvalue weighted by Crippen LogP contribution is -2.42. The lowest BCUT2D eigenvalue weighted by molar-refractivity contribution is 0.0600. The van der Waals surface area contributed by atoms with Gasteiger partial charge in [0.2, 0.25) is 0 Å². The van der Waals surface area contributed by atoms with E-state index >= 15 is 0 Å². The SMILES string of the molecule is COC(=O)c1ccc(CNC2(C)CCS(=O)(=O)C2)cc1. The van der Waals surface area contributed by atoms with Gasteiger partial charge < -0.3 is 10.1 Å². The van der Waals surface area contributed by atoms with E-state index in [-0.39, 0.29) is 23.0 Å². The number of sulfone groups is 1. The molecule has 1 N–H and O–H groups in total. The molecule has 1 saturated heterocycles. The lowest BCUT2D eigenvalue weighted by atomic mass is 10.0. The van der Waals surface area contributed by atoms with E-state index in [1.807, 2.05) is 19.1 Å². The number of carbonyl (C=O) groups excluding carboxylic acids is 1. The second-order valence-corrected chi connectivity index (χ2v) is 7.63. The molecule has 1 unspecified atom stereocenters. The van der Waals surface area contributed by atoms with Crippen LogP contribution in [0.2, 0.25) is 0 Å². The van der Waals surface area contributed by atoms with E-state index in [2.05, 4.69) is 10.1 Å². The predicted octanol–water partition coefficient (Wildman–Crippen LogP) is 1.14. The number of esters is 1. The second-order valence-electron chi connectivity index (χ2n) is 5.44. The van der Waals surface area contributed by atoms with Gasteiger partial charge in [-0.25, -0.2) is 13.2 Å². The molecular weight excluding hydrogens is 278 g/mol. The molecule has 20 heavy (non-hydrogen) atoms. The summed E-state index contributed by atoms with van der Waals surface area (Å²) in [7, 11) is -1.56. The summed E-state index contributed by atoms with van der Waals surface area (Å²) in [4.78, 5) is 11.3. The van der Waals surface area contributed by atoms with Crippen molar-refractivity contribution in [1.29, 1.82) is 0 Å². The number of ether oxygens (including phenoxy) is 1. The Kier molecular flexibility index (Phi) is 4.15. The predicted molar refractivity (Wildman–Crippen MR) is 76.3 cm³/mol. The quantitative estimate of drug-likeness (QED) is 0.844. The van der Waals surface area contributed by atoms with E-state index in [1.54, 1.807) is 12.1 Å². The molecule has 0 amide bonds. The van der Waals surface area contributed by atoms with E-state index in [0.717, 1.165) is 5.56 Å². The zero-order valence-electron chi connectivity index (χ0n) is 11.7. The molecule has 0 aromatic heterocycles. The van der Waals surface area contributed by atoms with Crippen molar-refractivity contribution in [3.63, 3.8) is 0 Å². The standard InChI is InChI=1S/C14H19NO4S/c1-14(7-8-20(17,18)10-14)15-9-11-3-5-12(6-4-11)13(16)19-2/h3-6,15H,7-10H2,1-2H3. The van der Waals surface area contributed by atoms with Crippen molar-refractivity contribution in [3.05, 3.63) is 35.4 Å². The van der Waals surface area contributed by atoms with Gasteiger partial charge in [0.05, 0.1) is 24.2 Å². The number of hydrogen-bond donors (Lipinski definition) is 1. The fraction of sp³-hybridized carbons (Fsp3) is 0.500. The summed E-state index contributed by atoms with van der Waals surface area (Å²) in [6, 6.07) is 7.09. The fourth-order valence-electron chi connectivity index (χ4n) is 2.34. The molecule has 1 aliphatic rings. The molecule has 0 saturated carbocycles. The van der Waals surface area contributed by atoms with Crippen LogP contribution in [-0.2, 0) is 21.1 Å². The number of rotatable bonds is 4. The molecule has 1 aliphatic heterocycles. The van der Waals surface area contributed by atoms with E-state index in [4.69, 9.17) is 0 Å². The summed E-state index contributed by atoms with van der Waals surface area (Å²) in [5.74, 6) is 0.0660. The Balaban J connectivity index is 1.96. The molecule has 1 heterocycles. The highest BCUT2D eigenvalue weighted by atomic mass is 32.2. The largest absolute Gasteiger partial charge is 0.465 e. The average molecular weight is 297 g/mol. The van der Waals surface area contributed by atoms with Gasteiger partial charge in [-0.1, -0.05) is 12.1 Å². The monoisotopic (exact) mass is 297 g/mol. The van der Waals surface area contributed by atoms with Crippen molar-refractivity contribution in [3.8, 4) is 0 Å². The van der Waals surface area contributed by atoms with Crippen LogP contribution >= 0.6 is 0 Å². The smallest absolute Gasteiger partial charge is 0.337 e. The molecule has 6 heteroatoms. The second kappa shape index (κ2) is 5.54. The average Bonchev–Trinajstić information content (AvgIpc) is 2.71. The van der Waals surface area contributed by atoms with Gasteiger partial charge in [-0.2, -0.15) is 0 Å². The third kappa shape index (κ3) is 3.58. The molecule has 1 aromatic rings. The zero-order chi connectivity index (χ0) is 14.8. The molecule has 1 aromatic carbocycles. The number of hydrogen-bond acceptors (Lipinski definition) is 5. The first-order chi connectivity index (χ1) is 9.34. The summed E-state index contributed by atoms with van der Waals surface area (Å²) in [5, 5.41) is 3.30. The van der Waals surface area contributed by atoms with Gasteiger partial charge in [0.1, 0.15) is 0 Å². The van der Waals surface area contributed by atoms with Crippen LogP contribution in [0.4, 0.5) is 0 Å². The summed E-state index contributed by atoms with van der Waals surface area (Å²) >= 11 is 0. The van der Waals surface area contributed by atoms with Crippen LogP contribution in [0.15, 0.2) is 24.3 Å². The highest BCUT2D eigenvalue weighted by Gasteiger charge is 2.37. The number of methoxy groups -OCH3 is 1. The molecule has 0 radical (unpaired) electrons. The van der Waals surface area contributed by atoms with Crippen molar-refractivity contribution >= 4 is 15.8 Å². The Hall–Kier alpha value is -1.40. The van der Waals surface area contributed by atoms with Gasteiger partial charge in [-0.15, -0.1) is 0 Å². The Morgan fingerprint density at radius 1 is 1.35 bits per heavy atom. The Morgan fingerprint density at radius 2 is 2.00 bits per heavy atom. The van der Waals surface area contributed by atoms with E-state index < -0.39 is 9.84 Å². The Labute approximate surface area is 119 Å². The van der Waals surface area contributed by atoms with Crippen LogP contribution in [0.1, 0.15) is 29.3 Å². The van der Waals surface area contributed by atoms with Crippen molar-refractivity contribution < 1.29 is 17.9 Å². The summed E-state index contributed by atoms with van der Waals surface area (Å²) in [6.45, 7) is 2.51. The molecule has 5 nitrogen and oxygen atoms in total. The minimum Gasteiger partial charge on any atom is -0.465 e. The Morgan fingerprint density at radius 3 is 2.50 bits per heavy atom. The van der Waals surface area contributed by atoms with Gasteiger partial charge in [0.15, 0.2) is 9.84 Å². The zero-order valence-corrected chi connectivity index (χ0v) is 12.5.